The van der Waals surface area contributed by atoms with Crippen LogP contribution in [0, 0.1) is 0 Å². The number of halogens is 1. The lowest BCUT2D eigenvalue weighted by Gasteiger charge is -2.28. The Balaban J connectivity index is 1.98. The summed E-state index contributed by atoms with van der Waals surface area (Å²) >= 11 is 5.78. The Labute approximate surface area is 121 Å². The molecule has 3 heterocycles. The Morgan fingerprint density at radius 1 is 1.30 bits per heavy atom. The van der Waals surface area contributed by atoms with Crippen molar-refractivity contribution in [1.82, 2.24) is 9.97 Å². The molecular weight excluding hydrogens is 276 g/mol. The van der Waals surface area contributed by atoms with Gasteiger partial charge >= 0.3 is 0 Å². The number of rotatable bonds is 2. The molecule has 0 amide bonds. The van der Waals surface area contributed by atoms with Crippen LogP contribution in [0.5, 0.6) is 0 Å². The minimum absolute atomic E-state index is 0.407. The maximum absolute atomic E-state index is 10.5. The van der Waals surface area contributed by atoms with Crippen LogP contribution in [0.25, 0.3) is 0 Å². The van der Waals surface area contributed by atoms with E-state index in [2.05, 4.69) is 15.1 Å². The summed E-state index contributed by atoms with van der Waals surface area (Å²) in [5, 5.41) is 17.0. The van der Waals surface area contributed by atoms with Crippen molar-refractivity contribution in [2.24, 2.45) is 5.10 Å². The number of nitrogens with zero attached hydrogens (tertiary/aromatic N) is 4. The summed E-state index contributed by atoms with van der Waals surface area (Å²) in [5.41, 5.74) is 1.29. The van der Waals surface area contributed by atoms with Crippen LogP contribution >= 0.6 is 11.6 Å². The second-order valence-electron chi connectivity index (χ2n) is 4.83. The maximum Gasteiger partial charge on any atom is 0.161 e. The average molecular weight is 289 g/mol. The molecule has 2 aromatic rings. The second kappa shape index (κ2) is 4.85. The van der Waals surface area contributed by atoms with E-state index in [0.717, 1.165) is 11.3 Å². The molecule has 0 spiro atoms. The van der Waals surface area contributed by atoms with Crippen molar-refractivity contribution in [2.45, 2.75) is 19.1 Å². The Morgan fingerprint density at radius 3 is 2.80 bits per heavy atom. The summed E-state index contributed by atoms with van der Waals surface area (Å²) in [6.07, 6.45) is 5.45. The molecule has 1 aliphatic heterocycles. The van der Waals surface area contributed by atoms with Crippen molar-refractivity contribution in [3.8, 4) is 0 Å². The Bertz CT molecular complexity index is 640. The Morgan fingerprint density at radius 2 is 2.15 bits per heavy atom. The van der Waals surface area contributed by atoms with Gasteiger partial charge in [-0.1, -0.05) is 17.7 Å². The van der Waals surface area contributed by atoms with Crippen LogP contribution in [0.3, 0.4) is 0 Å². The van der Waals surface area contributed by atoms with Gasteiger partial charge in [-0.2, -0.15) is 5.10 Å². The van der Waals surface area contributed by atoms with Crippen LogP contribution in [-0.4, -0.2) is 26.5 Å². The SMILES string of the molecule is CC1(O)CC(c2cccnc2)=NN1c1ccc(Cl)nc1. The molecule has 0 saturated carbocycles. The molecule has 102 valence electrons. The molecule has 0 fully saturated rings. The Kier molecular flexibility index (Phi) is 3.16. The van der Waals surface area contributed by atoms with Crippen LogP contribution in [0.1, 0.15) is 18.9 Å². The first-order valence-corrected chi connectivity index (χ1v) is 6.56. The predicted molar refractivity (Wildman–Crippen MR) is 77.7 cm³/mol. The van der Waals surface area contributed by atoms with Gasteiger partial charge in [-0.25, -0.2) is 9.99 Å². The molecule has 1 N–H and O–H groups in total. The van der Waals surface area contributed by atoms with Gasteiger partial charge < -0.3 is 5.11 Å². The van der Waals surface area contributed by atoms with Gasteiger partial charge in [0.25, 0.3) is 0 Å². The number of pyridine rings is 2. The van der Waals surface area contributed by atoms with E-state index in [0.29, 0.717) is 17.3 Å². The van der Waals surface area contributed by atoms with Crippen LogP contribution in [0.4, 0.5) is 5.69 Å². The first-order chi connectivity index (χ1) is 9.56. The van der Waals surface area contributed by atoms with Gasteiger partial charge in [0.2, 0.25) is 0 Å². The number of aliphatic hydroxyl groups is 1. The quantitative estimate of drug-likeness (QED) is 0.862. The van der Waals surface area contributed by atoms with Gasteiger partial charge in [0.1, 0.15) is 5.15 Å². The smallest absolute Gasteiger partial charge is 0.161 e. The third-order valence-electron chi connectivity index (χ3n) is 3.13. The molecule has 5 nitrogen and oxygen atoms in total. The third-order valence-corrected chi connectivity index (χ3v) is 3.35. The highest BCUT2D eigenvalue weighted by atomic mass is 35.5. The van der Waals surface area contributed by atoms with Crippen LogP contribution < -0.4 is 5.01 Å². The molecule has 1 aliphatic rings. The molecule has 6 heteroatoms. The third kappa shape index (κ3) is 2.37. The summed E-state index contributed by atoms with van der Waals surface area (Å²) in [6.45, 7) is 1.72. The number of anilines is 1. The Hall–Kier alpha value is -1.98. The van der Waals surface area contributed by atoms with Gasteiger partial charge in [0.05, 0.1) is 17.6 Å². The largest absolute Gasteiger partial charge is 0.369 e. The van der Waals surface area contributed by atoms with E-state index in [4.69, 9.17) is 11.6 Å². The summed E-state index contributed by atoms with van der Waals surface area (Å²) in [6, 6.07) is 7.22. The van der Waals surface area contributed by atoms with E-state index in [1.165, 1.54) is 0 Å². The summed E-state index contributed by atoms with van der Waals surface area (Å²) in [4.78, 5) is 8.09. The van der Waals surface area contributed by atoms with Crippen LogP contribution in [0.2, 0.25) is 5.15 Å². The van der Waals surface area contributed by atoms with E-state index >= 15 is 0 Å². The zero-order chi connectivity index (χ0) is 14.2. The number of hydrogen-bond donors (Lipinski definition) is 1. The molecule has 3 rings (SSSR count). The first kappa shape index (κ1) is 13.0. The monoisotopic (exact) mass is 288 g/mol. The molecule has 0 aliphatic carbocycles. The fourth-order valence-corrected chi connectivity index (χ4v) is 2.29. The van der Waals surface area contributed by atoms with Gasteiger partial charge in [-0.3, -0.25) is 4.98 Å². The minimum Gasteiger partial charge on any atom is -0.369 e. The molecule has 1 atom stereocenters. The summed E-state index contributed by atoms with van der Waals surface area (Å²) in [7, 11) is 0. The van der Waals surface area contributed by atoms with E-state index < -0.39 is 5.72 Å². The lowest BCUT2D eigenvalue weighted by molar-refractivity contribution is 0.0727. The first-order valence-electron chi connectivity index (χ1n) is 6.18. The highest BCUT2D eigenvalue weighted by molar-refractivity contribution is 6.29. The van der Waals surface area contributed by atoms with Crippen molar-refractivity contribution in [2.75, 3.05) is 5.01 Å². The topological polar surface area (TPSA) is 61.6 Å². The second-order valence-corrected chi connectivity index (χ2v) is 5.22. The average Bonchev–Trinajstić information content (AvgIpc) is 2.77. The van der Waals surface area contributed by atoms with E-state index in [9.17, 15) is 5.11 Å². The number of hydrogen-bond acceptors (Lipinski definition) is 5. The molecule has 0 radical (unpaired) electrons. The molecule has 20 heavy (non-hydrogen) atoms. The van der Waals surface area contributed by atoms with Gasteiger partial charge in [0, 0.05) is 24.4 Å². The minimum atomic E-state index is -1.10. The lowest BCUT2D eigenvalue weighted by atomic mass is 10.0. The fraction of sp³-hybridized carbons (Fsp3) is 0.214. The van der Waals surface area contributed by atoms with Crippen molar-refractivity contribution in [1.29, 1.82) is 0 Å². The van der Waals surface area contributed by atoms with Crippen molar-refractivity contribution < 1.29 is 5.11 Å². The fourth-order valence-electron chi connectivity index (χ4n) is 2.18. The molecule has 2 aromatic heterocycles. The van der Waals surface area contributed by atoms with Gasteiger partial charge in [-0.15, -0.1) is 0 Å². The number of hydrazone groups is 1. The van der Waals surface area contributed by atoms with Crippen molar-refractivity contribution >= 4 is 23.0 Å². The zero-order valence-corrected chi connectivity index (χ0v) is 11.6. The highest BCUT2D eigenvalue weighted by Crippen LogP contribution is 2.32. The summed E-state index contributed by atoms with van der Waals surface area (Å²) < 4.78 is 0. The highest BCUT2D eigenvalue weighted by Gasteiger charge is 2.37. The predicted octanol–water partition coefficient (Wildman–Crippen LogP) is 2.45. The molecule has 1 unspecified atom stereocenters. The van der Waals surface area contributed by atoms with Crippen molar-refractivity contribution in [3.05, 3.63) is 53.6 Å². The van der Waals surface area contributed by atoms with Crippen LogP contribution in [0.15, 0.2) is 48.0 Å². The normalized spacial score (nSPS) is 21.9. The molecular formula is C14H13ClN4O. The zero-order valence-electron chi connectivity index (χ0n) is 10.9. The van der Waals surface area contributed by atoms with E-state index in [-0.39, 0.29) is 0 Å². The van der Waals surface area contributed by atoms with Crippen LogP contribution in [-0.2, 0) is 0 Å². The molecule has 0 bridgehead atoms. The van der Waals surface area contributed by atoms with Gasteiger partial charge in [-0.05, 0) is 25.1 Å². The standard InChI is InChI=1S/C14H13ClN4O/c1-14(20)7-12(10-3-2-6-16-8-10)18-19(14)11-4-5-13(15)17-9-11/h2-6,8-9,20H,7H2,1H3. The maximum atomic E-state index is 10.5. The van der Waals surface area contributed by atoms with E-state index in [1.807, 2.05) is 12.1 Å². The lowest BCUT2D eigenvalue weighted by Crippen LogP contribution is -2.39. The van der Waals surface area contributed by atoms with Gasteiger partial charge in [0.15, 0.2) is 5.72 Å². The number of aromatic nitrogens is 2. The summed E-state index contributed by atoms with van der Waals surface area (Å²) in [5.74, 6) is 0. The molecule has 0 aromatic carbocycles. The molecule has 0 saturated heterocycles. The van der Waals surface area contributed by atoms with E-state index in [1.54, 1.807) is 42.7 Å². The van der Waals surface area contributed by atoms with Crippen molar-refractivity contribution in [3.63, 3.8) is 0 Å².